The Morgan fingerprint density at radius 1 is 1.27 bits per heavy atom. The number of alkyl halides is 3. The summed E-state index contributed by atoms with van der Waals surface area (Å²) in [6.45, 7) is 9.38. The van der Waals surface area contributed by atoms with E-state index in [0.29, 0.717) is 18.0 Å². The molecule has 2 aliphatic heterocycles. The highest BCUT2D eigenvalue weighted by molar-refractivity contribution is 5.80. The zero-order valence-corrected chi connectivity index (χ0v) is 17.9. The van der Waals surface area contributed by atoms with E-state index in [1.165, 1.54) is 12.1 Å². The molecular weight excluding hydrogens is 393 g/mol. The van der Waals surface area contributed by atoms with E-state index in [9.17, 15) is 13.2 Å². The molecule has 3 rings (SSSR count). The van der Waals surface area contributed by atoms with Crippen LogP contribution >= 0.6 is 0 Å². The standard InChI is InChI=1S/C22H33F3N4O/c1-17(19-4-3-5-20(14-19)22(23,24)25)6-8-27-21(26-2)29-9-7-18(16-29)15-28-10-12-30-13-11-28/h3-5,14,17-18H,6-13,15-16H2,1-2H3,(H,26,27). The first-order valence-electron chi connectivity index (χ1n) is 10.8. The lowest BCUT2D eigenvalue weighted by atomic mass is 9.96. The van der Waals surface area contributed by atoms with E-state index in [0.717, 1.165) is 70.8 Å². The Labute approximate surface area is 177 Å². The van der Waals surface area contributed by atoms with Crippen molar-refractivity contribution in [2.24, 2.45) is 10.9 Å². The molecule has 2 atom stereocenters. The van der Waals surface area contributed by atoms with Crippen molar-refractivity contribution in [1.29, 1.82) is 0 Å². The highest BCUT2D eigenvalue weighted by Crippen LogP contribution is 2.31. The SMILES string of the molecule is CN=C(NCCC(C)c1cccc(C(F)(F)F)c1)N1CCC(CN2CCOCC2)C1. The number of benzene rings is 1. The third-order valence-electron chi connectivity index (χ3n) is 6.06. The molecule has 2 saturated heterocycles. The van der Waals surface area contributed by atoms with Crippen LogP contribution in [-0.2, 0) is 10.9 Å². The maximum absolute atomic E-state index is 12.9. The molecule has 5 nitrogen and oxygen atoms in total. The molecule has 1 aromatic carbocycles. The number of hydrogen-bond acceptors (Lipinski definition) is 3. The van der Waals surface area contributed by atoms with Gasteiger partial charge in [-0.3, -0.25) is 9.89 Å². The monoisotopic (exact) mass is 426 g/mol. The van der Waals surface area contributed by atoms with Gasteiger partial charge in [-0.1, -0.05) is 25.1 Å². The number of guanidine groups is 1. The molecule has 2 heterocycles. The van der Waals surface area contributed by atoms with Crippen molar-refractivity contribution in [3.05, 3.63) is 35.4 Å². The fraction of sp³-hybridized carbons (Fsp3) is 0.682. The van der Waals surface area contributed by atoms with E-state index in [1.807, 2.05) is 6.92 Å². The number of ether oxygens (including phenoxy) is 1. The van der Waals surface area contributed by atoms with Crippen LogP contribution in [0.25, 0.3) is 0 Å². The summed E-state index contributed by atoms with van der Waals surface area (Å²) in [4.78, 5) is 9.18. The third kappa shape index (κ3) is 6.35. The van der Waals surface area contributed by atoms with Crippen LogP contribution in [0.15, 0.2) is 29.3 Å². The summed E-state index contributed by atoms with van der Waals surface area (Å²) in [5, 5.41) is 3.40. The molecule has 0 spiro atoms. The van der Waals surface area contributed by atoms with Crippen molar-refractivity contribution >= 4 is 5.96 Å². The van der Waals surface area contributed by atoms with Crippen LogP contribution in [-0.4, -0.2) is 75.3 Å². The molecule has 0 amide bonds. The summed E-state index contributed by atoms with van der Waals surface area (Å²) in [6, 6.07) is 5.64. The zero-order chi connectivity index (χ0) is 21.6. The molecule has 0 aromatic heterocycles. The lowest BCUT2D eigenvalue weighted by Crippen LogP contribution is -2.42. The number of morpholine rings is 1. The fourth-order valence-corrected chi connectivity index (χ4v) is 4.24. The number of nitrogens with one attached hydrogen (secondary N) is 1. The first kappa shape index (κ1) is 22.9. The smallest absolute Gasteiger partial charge is 0.379 e. The molecule has 1 N–H and O–H groups in total. The van der Waals surface area contributed by atoms with Crippen LogP contribution in [0, 0.1) is 5.92 Å². The summed E-state index contributed by atoms with van der Waals surface area (Å²) >= 11 is 0. The molecule has 1 aromatic rings. The molecule has 30 heavy (non-hydrogen) atoms. The second-order valence-electron chi connectivity index (χ2n) is 8.30. The van der Waals surface area contributed by atoms with Gasteiger partial charge >= 0.3 is 6.18 Å². The minimum Gasteiger partial charge on any atom is -0.379 e. The van der Waals surface area contributed by atoms with E-state index in [1.54, 1.807) is 13.1 Å². The largest absolute Gasteiger partial charge is 0.416 e. The molecule has 2 unspecified atom stereocenters. The molecule has 2 aliphatic rings. The molecule has 0 aliphatic carbocycles. The van der Waals surface area contributed by atoms with Crippen molar-refractivity contribution in [3.8, 4) is 0 Å². The second kappa shape index (κ2) is 10.5. The van der Waals surface area contributed by atoms with Crippen molar-refractivity contribution in [1.82, 2.24) is 15.1 Å². The first-order chi connectivity index (χ1) is 14.4. The van der Waals surface area contributed by atoms with Crippen molar-refractivity contribution in [3.63, 3.8) is 0 Å². The molecule has 0 radical (unpaired) electrons. The van der Waals surface area contributed by atoms with Gasteiger partial charge < -0.3 is 15.0 Å². The summed E-state index contributed by atoms with van der Waals surface area (Å²) in [6.07, 6.45) is -2.41. The molecule has 2 fully saturated rings. The number of nitrogens with zero attached hydrogens (tertiary/aromatic N) is 3. The van der Waals surface area contributed by atoms with E-state index < -0.39 is 11.7 Å². The summed E-state index contributed by atoms with van der Waals surface area (Å²) in [5.41, 5.74) is 0.132. The Balaban J connectivity index is 1.44. The number of aliphatic imine (C=N–C) groups is 1. The number of halogens is 3. The van der Waals surface area contributed by atoms with Gasteiger partial charge in [0.15, 0.2) is 5.96 Å². The lowest BCUT2D eigenvalue weighted by Gasteiger charge is -2.29. The van der Waals surface area contributed by atoms with Crippen LogP contribution in [0.4, 0.5) is 13.2 Å². The third-order valence-corrected chi connectivity index (χ3v) is 6.06. The Morgan fingerprint density at radius 3 is 2.73 bits per heavy atom. The zero-order valence-electron chi connectivity index (χ0n) is 17.9. The van der Waals surface area contributed by atoms with E-state index in [-0.39, 0.29) is 5.92 Å². The van der Waals surface area contributed by atoms with Crippen LogP contribution in [0.1, 0.15) is 36.8 Å². The van der Waals surface area contributed by atoms with Crippen molar-refractivity contribution in [2.45, 2.75) is 31.9 Å². The van der Waals surface area contributed by atoms with Gasteiger partial charge in [0.2, 0.25) is 0 Å². The predicted molar refractivity (Wildman–Crippen MR) is 113 cm³/mol. The fourth-order valence-electron chi connectivity index (χ4n) is 4.24. The molecule has 8 heteroatoms. The van der Waals surface area contributed by atoms with Crippen LogP contribution in [0.5, 0.6) is 0 Å². The molecular formula is C22H33F3N4O. The van der Waals surface area contributed by atoms with Crippen molar-refractivity contribution < 1.29 is 17.9 Å². The van der Waals surface area contributed by atoms with Gasteiger partial charge in [-0.25, -0.2) is 0 Å². The summed E-state index contributed by atoms with van der Waals surface area (Å²) in [7, 11) is 1.79. The quantitative estimate of drug-likeness (QED) is 0.559. The van der Waals surface area contributed by atoms with E-state index in [2.05, 4.69) is 20.1 Å². The van der Waals surface area contributed by atoms with Crippen LogP contribution in [0.2, 0.25) is 0 Å². The molecule has 0 bridgehead atoms. The Bertz CT molecular complexity index is 704. The average Bonchev–Trinajstić information content (AvgIpc) is 3.19. The Morgan fingerprint density at radius 2 is 2.03 bits per heavy atom. The highest BCUT2D eigenvalue weighted by Gasteiger charge is 2.31. The van der Waals surface area contributed by atoms with E-state index in [4.69, 9.17) is 4.74 Å². The first-order valence-corrected chi connectivity index (χ1v) is 10.8. The Hall–Kier alpha value is -1.80. The normalized spacial score (nSPS) is 22.4. The van der Waals surface area contributed by atoms with Gasteiger partial charge in [-0.05, 0) is 36.3 Å². The summed E-state index contributed by atoms with van der Waals surface area (Å²) in [5.74, 6) is 1.55. The van der Waals surface area contributed by atoms with Gasteiger partial charge in [0.1, 0.15) is 0 Å². The van der Waals surface area contributed by atoms with Crippen LogP contribution in [0.3, 0.4) is 0 Å². The topological polar surface area (TPSA) is 40.1 Å². The lowest BCUT2D eigenvalue weighted by molar-refractivity contribution is -0.137. The number of rotatable bonds is 6. The van der Waals surface area contributed by atoms with Gasteiger partial charge in [0.05, 0.1) is 18.8 Å². The minimum absolute atomic E-state index is 0.0329. The van der Waals surface area contributed by atoms with Gasteiger partial charge in [-0.2, -0.15) is 13.2 Å². The maximum atomic E-state index is 12.9. The molecule has 0 saturated carbocycles. The van der Waals surface area contributed by atoms with Crippen LogP contribution < -0.4 is 5.32 Å². The Kier molecular flexibility index (Phi) is 7.99. The average molecular weight is 427 g/mol. The van der Waals surface area contributed by atoms with Gasteiger partial charge in [-0.15, -0.1) is 0 Å². The van der Waals surface area contributed by atoms with Gasteiger partial charge in [0.25, 0.3) is 0 Å². The predicted octanol–water partition coefficient (Wildman–Crippen LogP) is 3.43. The van der Waals surface area contributed by atoms with Crippen molar-refractivity contribution in [2.75, 3.05) is 59.5 Å². The molecule has 168 valence electrons. The number of hydrogen-bond donors (Lipinski definition) is 1. The summed E-state index contributed by atoms with van der Waals surface area (Å²) < 4.78 is 44.3. The number of likely N-dealkylation sites (tertiary alicyclic amines) is 1. The minimum atomic E-state index is -4.30. The van der Waals surface area contributed by atoms with E-state index >= 15 is 0 Å². The maximum Gasteiger partial charge on any atom is 0.416 e. The van der Waals surface area contributed by atoms with Gasteiger partial charge in [0, 0.05) is 46.3 Å². The second-order valence-corrected chi connectivity index (χ2v) is 8.30. The highest BCUT2D eigenvalue weighted by atomic mass is 19.4.